The molecule has 0 radical (unpaired) electrons. The van der Waals surface area contributed by atoms with Gasteiger partial charge in [0.1, 0.15) is 0 Å². The van der Waals surface area contributed by atoms with Gasteiger partial charge < -0.3 is 0 Å². The van der Waals surface area contributed by atoms with Crippen molar-refractivity contribution >= 4 is 11.6 Å². The number of rotatable bonds is 3. The Morgan fingerprint density at radius 3 is 2.54 bits per heavy atom. The van der Waals surface area contributed by atoms with Crippen LogP contribution in [0.2, 0.25) is 5.02 Å². The van der Waals surface area contributed by atoms with E-state index in [0.29, 0.717) is 6.04 Å². The Morgan fingerprint density at radius 2 is 2.00 bits per heavy atom. The minimum Gasteiger partial charge on any atom is -0.300 e. The molecule has 1 nitrogen and oxygen atoms in total. The van der Waals surface area contributed by atoms with Crippen LogP contribution in [0.1, 0.15) is 25.5 Å². The molecule has 1 unspecified atom stereocenters. The Labute approximate surface area is 85.3 Å². The number of hydrogen-bond donors (Lipinski definition) is 0. The molecule has 0 aromatic heterocycles. The molecule has 1 rings (SSSR count). The normalized spacial score (nSPS) is 13.3. The van der Waals surface area contributed by atoms with Gasteiger partial charge in [0.2, 0.25) is 0 Å². The second-order valence-corrected chi connectivity index (χ2v) is 3.68. The molecule has 2 heteroatoms. The van der Waals surface area contributed by atoms with E-state index in [1.165, 1.54) is 5.56 Å². The number of halogens is 1. The predicted octanol–water partition coefficient (Wildman–Crippen LogP) is 3.35. The Hall–Kier alpha value is -0.530. The summed E-state index contributed by atoms with van der Waals surface area (Å²) < 4.78 is 0. The first-order chi connectivity index (χ1) is 6.16. The SMILES string of the molecule is CCN(C)C(C)c1ccccc1Cl. The Balaban J connectivity index is 2.88. The van der Waals surface area contributed by atoms with E-state index in [-0.39, 0.29) is 0 Å². The van der Waals surface area contributed by atoms with Gasteiger partial charge in [-0.25, -0.2) is 0 Å². The number of nitrogens with zero attached hydrogens (tertiary/aromatic N) is 1. The summed E-state index contributed by atoms with van der Waals surface area (Å²) in [4.78, 5) is 2.27. The van der Waals surface area contributed by atoms with E-state index in [2.05, 4.69) is 31.9 Å². The van der Waals surface area contributed by atoms with E-state index >= 15 is 0 Å². The second kappa shape index (κ2) is 4.64. The molecule has 0 aliphatic carbocycles. The van der Waals surface area contributed by atoms with Gasteiger partial charge in [-0.05, 0) is 32.1 Å². The fourth-order valence-electron chi connectivity index (χ4n) is 1.33. The topological polar surface area (TPSA) is 3.24 Å². The van der Waals surface area contributed by atoms with Crippen LogP contribution < -0.4 is 0 Å². The van der Waals surface area contributed by atoms with Crippen molar-refractivity contribution < 1.29 is 0 Å². The van der Waals surface area contributed by atoms with Gasteiger partial charge in [-0.15, -0.1) is 0 Å². The van der Waals surface area contributed by atoms with E-state index in [1.807, 2.05) is 18.2 Å². The van der Waals surface area contributed by atoms with Crippen molar-refractivity contribution in [2.45, 2.75) is 19.9 Å². The lowest BCUT2D eigenvalue weighted by Gasteiger charge is -2.24. The Kier molecular flexibility index (Phi) is 3.76. The fourth-order valence-corrected chi connectivity index (χ4v) is 1.62. The van der Waals surface area contributed by atoms with Crippen LogP contribution in [0, 0.1) is 0 Å². The van der Waals surface area contributed by atoms with Crippen LogP contribution in [0.3, 0.4) is 0 Å². The molecule has 72 valence electrons. The highest BCUT2D eigenvalue weighted by molar-refractivity contribution is 6.31. The fraction of sp³-hybridized carbons (Fsp3) is 0.455. The van der Waals surface area contributed by atoms with Crippen molar-refractivity contribution in [1.82, 2.24) is 4.90 Å². The number of benzene rings is 1. The smallest absolute Gasteiger partial charge is 0.0453 e. The molecule has 1 aromatic carbocycles. The quantitative estimate of drug-likeness (QED) is 0.719. The highest BCUT2D eigenvalue weighted by Gasteiger charge is 2.11. The molecular weight excluding hydrogens is 182 g/mol. The summed E-state index contributed by atoms with van der Waals surface area (Å²) >= 11 is 6.09. The zero-order chi connectivity index (χ0) is 9.84. The van der Waals surface area contributed by atoms with Crippen LogP contribution in [-0.2, 0) is 0 Å². The van der Waals surface area contributed by atoms with E-state index in [4.69, 9.17) is 11.6 Å². The van der Waals surface area contributed by atoms with Crippen LogP contribution in [0.4, 0.5) is 0 Å². The zero-order valence-electron chi connectivity index (χ0n) is 8.42. The van der Waals surface area contributed by atoms with Crippen molar-refractivity contribution in [2.24, 2.45) is 0 Å². The third-order valence-electron chi connectivity index (χ3n) is 2.52. The van der Waals surface area contributed by atoms with Crippen molar-refractivity contribution in [1.29, 1.82) is 0 Å². The number of hydrogen-bond acceptors (Lipinski definition) is 1. The molecule has 0 saturated carbocycles. The van der Waals surface area contributed by atoms with Gasteiger partial charge in [-0.1, -0.05) is 36.7 Å². The van der Waals surface area contributed by atoms with E-state index < -0.39 is 0 Å². The molecule has 0 aliphatic heterocycles. The average Bonchev–Trinajstić information content (AvgIpc) is 2.16. The lowest BCUT2D eigenvalue weighted by atomic mass is 10.1. The first kappa shape index (κ1) is 10.6. The second-order valence-electron chi connectivity index (χ2n) is 3.27. The van der Waals surface area contributed by atoms with E-state index in [1.54, 1.807) is 0 Å². The summed E-state index contributed by atoms with van der Waals surface area (Å²) in [5.74, 6) is 0. The highest BCUT2D eigenvalue weighted by atomic mass is 35.5. The third kappa shape index (κ3) is 2.45. The van der Waals surface area contributed by atoms with Crippen LogP contribution in [0.15, 0.2) is 24.3 Å². The Morgan fingerprint density at radius 1 is 1.38 bits per heavy atom. The van der Waals surface area contributed by atoms with Crippen molar-refractivity contribution in [2.75, 3.05) is 13.6 Å². The van der Waals surface area contributed by atoms with Gasteiger partial charge in [0.25, 0.3) is 0 Å². The average molecular weight is 198 g/mol. The summed E-state index contributed by atoms with van der Waals surface area (Å²) in [6.45, 7) is 5.35. The minimum atomic E-state index is 0.388. The molecule has 0 bridgehead atoms. The highest BCUT2D eigenvalue weighted by Crippen LogP contribution is 2.25. The van der Waals surface area contributed by atoms with Crippen LogP contribution in [0.5, 0.6) is 0 Å². The van der Waals surface area contributed by atoms with Gasteiger partial charge in [-0.3, -0.25) is 4.90 Å². The summed E-state index contributed by atoms with van der Waals surface area (Å²) in [5, 5.41) is 0.857. The molecule has 0 N–H and O–H groups in total. The maximum Gasteiger partial charge on any atom is 0.0453 e. The molecule has 0 aliphatic rings. The van der Waals surface area contributed by atoms with Gasteiger partial charge >= 0.3 is 0 Å². The molecule has 0 saturated heterocycles. The standard InChI is InChI=1S/C11H16ClN/c1-4-13(3)9(2)10-7-5-6-8-11(10)12/h5-9H,4H2,1-3H3. The van der Waals surface area contributed by atoms with Crippen LogP contribution >= 0.6 is 11.6 Å². The minimum absolute atomic E-state index is 0.388. The molecule has 1 atom stereocenters. The van der Waals surface area contributed by atoms with Crippen molar-refractivity contribution in [3.63, 3.8) is 0 Å². The maximum absolute atomic E-state index is 6.09. The molecule has 1 aromatic rings. The summed E-state index contributed by atoms with van der Waals surface area (Å²) in [6, 6.07) is 8.40. The monoisotopic (exact) mass is 197 g/mol. The molecule has 0 spiro atoms. The molecule has 13 heavy (non-hydrogen) atoms. The molecule has 0 heterocycles. The first-order valence-electron chi connectivity index (χ1n) is 4.61. The molecular formula is C11H16ClN. The first-order valence-corrected chi connectivity index (χ1v) is 4.99. The van der Waals surface area contributed by atoms with Crippen molar-refractivity contribution in [3.05, 3.63) is 34.9 Å². The molecule has 0 amide bonds. The maximum atomic E-state index is 6.09. The third-order valence-corrected chi connectivity index (χ3v) is 2.86. The Bertz CT molecular complexity index is 273. The van der Waals surface area contributed by atoms with Gasteiger partial charge in [0.15, 0.2) is 0 Å². The molecule has 0 fully saturated rings. The zero-order valence-corrected chi connectivity index (χ0v) is 9.17. The largest absolute Gasteiger partial charge is 0.300 e. The van der Waals surface area contributed by atoms with Crippen LogP contribution in [-0.4, -0.2) is 18.5 Å². The predicted molar refractivity (Wildman–Crippen MR) is 58.2 cm³/mol. The van der Waals surface area contributed by atoms with Gasteiger partial charge in [0.05, 0.1) is 0 Å². The van der Waals surface area contributed by atoms with Gasteiger partial charge in [0, 0.05) is 11.1 Å². The van der Waals surface area contributed by atoms with E-state index in [0.717, 1.165) is 11.6 Å². The lowest BCUT2D eigenvalue weighted by Crippen LogP contribution is -2.21. The summed E-state index contributed by atoms with van der Waals surface area (Å²) in [6.07, 6.45) is 0. The lowest BCUT2D eigenvalue weighted by molar-refractivity contribution is 0.276. The van der Waals surface area contributed by atoms with Crippen LogP contribution in [0.25, 0.3) is 0 Å². The summed E-state index contributed by atoms with van der Waals surface area (Å²) in [7, 11) is 2.11. The van der Waals surface area contributed by atoms with Crippen molar-refractivity contribution in [3.8, 4) is 0 Å². The van der Waals surface area contributed by atoms with Gasteiger partial charge in [-0.2, -0.15) is 0 Å². The van der Waals surface area contributed by atoms with E-state index in [9.17, 15) is 0 Å². The summed E-state index contributed by atoms with van der Waals surface area (Å²) in [5.41, 5.74) is 1.20.